The Morgan fingerprint density at radius 1 is 1.43 bits per heavy atom. The van der Waals surface area contributed by atoms with Crippen LogP contribution < -0.4 is 0 Å². The van der Waals surface area contributed by atoms with Crippen LogP contribution in [0.15, 0.2) is 11.4 Å². The third-order valence-electron chi connectivity index (χ3n) is 1.96. The highest BCUT2D eigenvalue weighted by molar-refractivity contribution is 7.10. The van der Waals surface area contributed by atoms with Crippen molar-refractivity contribution in [3.8, 4) is 0 Å². The van der Waals surface area contributed by atoms with Gasteiger partial charge in [-0.15, -0.1) is 16.4 Å². The molecule has 0 fully saturated rings. The van der Waals surface area contributed by atoms with Crippen LogP contribution in [0.5, 0.6) is 0 Å². The summed E-state index contributed by atoms with van der Waals surface area (Å²) in [6.45, 7) is 3.75. The van der Waals surface area contributed by atoms with Crippen molar-refractivity contribution in [2.24, 2.45) is 0 Å². The van der Waals surface area contributed by atoms with Gasteiger partial charge in [0.15, 0.2) is 0 Å². The van der Waals surface area contributed by atoms with Crippen LogP contribution in [0.25, 0.3) is 0 Å². The lowest BCUT2D eigenvalue weighted by Crippen LogP contribution is -2.00. The smallest absolute Gasteiger partial charge is 0.207 e. The van der Waals surface area contributed by atoms with Crippen molar-refractivity contribution in [2.75, 3.05) is 0 Å². The number of ketones is 1. The summed E-state index contributed by atoms with van der Waals surface area (Å²) in [5.41, 5.74) is 1.48. The Morgan fingerprint density at radius 2 is 2.21 bits per heavy atom. The molecule has 0 N–H and O–H groups in total. The van der Waals surface area contributed by atoms with Crippen LogP contribution in [0.3, 0.4) is 0 Å². The maximum Gasteiger partial charge on any atom is 0.207 e. The zero-order chi connectivity index (χ0) is 10.1. The van der Waals surface area contributed by atoms with Crippen LogP contribution in [0, 0.1) is 13.8 Å². The third-order valence-corrected chi connectivity index (χ3v) is 3.63. The minimum absolute atomic E-state index is 0.0382. The number of aryl methyl sites for hydroxylation is 2. The van der Waals surface area contributed by atoms with E-state index in [0.29, 0.717) is 10.6 Å². The first kappa shape index (κ1) is 9.48. The van der Waals surface area contributed by atoms with Gasteiger partial charge in [0, 0.05) is 10.4 Å². The molecule has 0 aliphatic carbocycles. The summed E-state index contributed by atoms with van der Waals surface area (Å²) < 4.78 is 3.76. The van der Waals surface area contributed by atoms with Gasteiger partial charge in [-0.1, -0.05) is 4.49 Å². The fraction of sp³-hybridized carbons (Fsp3) is 0.222. The first-order chi connectivity index (χ1) is 6.70. The molecule has 0 saturated carbocycles. The molecule has 14 heavy (non-hydrogen) atoms. The van der Waals surface area contributed by atoms with E-state index in [1.165, 1.54) is 0 Å². The predicted molar refractivity (Wildman–Crippen MR) is 57.1 cm³/mol. The van der Waals surface area contributed by atoms with Crippen molar-refractivity contribution in [3.05, 3.63) is 32.5 Å². The minimum Gasteiger partial charge on any atom is -0.288 e. The van der Waals surface area contributed by atoms with Gasteiger partial charge in [-0.05, 0) is 36.8 Å². The van der Waals surface area contributed by atoms with Crippen LogP contribution in [0.1, 0.15) is 25.8 Å². The third kappa shape index (κ3) is 1.49. The van der Waals surface area contributed by atoms with Gasteiger partial charge < -0.3 is 0 Å². The molecule has 2 rings (SSSR count). The van der Waals surface area contributed by atoms with Gasteiger partial charge in [0.05, 0.1) is 5.69 Å². The monoisotopic (exact) mass is 224 g/mol. The van der Waals surface area contributed by atoms with Crippen LogP contribution in [0.2, 0.25) is 0 Å². The number of nitrogens with zero attached hydrogens (tertiary/aromatic N) is 2. The summed E-state index contributed by atoms with van der Waals surface area (Å²) in [7, 11) is 0. The molecule has 0 saturated heterocycles. The van der Waals surface area contributed by atoms with E-state index >= 15 is 0 Å². The Labute approximate surface area is 89.6 Å². The first-order valence-electron chi connectivity index (χ1n) is 4.08. The zero-order valence-electron chi connectivity index (χ0n) is 7.77. The molecule has 0 amide bonds. The Kier molecular flexibility index (Phi) is 2.43. The normalized spacial score (nSPS) is 10.4. The summed E-state index contributed by atoms with van der Waals surface area (Å²) in [4.78, 5) is 13.6. The molecule has 2 aromatic heterocycles. The maximum absolute atomic E-state index is 11.9. The van der Waals surface area contributed by atoms with E-state index in [9.17, 15) is 4.79 Å². The molecule has 2 heterocycles. The molecule has 0 aliphatic heterocycles. The number of hydrogen-bond acceptors (Lipinski definition) is 5. The fourth-order valence-corrected chi connectivity index (χ4v) is 2.49. The lowest BCUT2D eigenvalue weighted by molar-refractivity contribution is 0.104. The minimum atomic E-state index is 0.0382. The van der Waals surface area contributed by atoms with Crippen LogP contribution >= 0.6 is 22.9 Å². The second kappa shape index (κ2) is 3.59. The Balaban J connectivity index is 2.44. The number of hydrogen-bond donors (Lipinski definition) is 0. The number of carbonyl (C=O) groups is 1. The molecule has 0 aromatic carbocycles. The summed E-state index contributed by atoms with van der Waals surface area (Å²) in [6.07, 6.45) is 0. The van der Waals surface area contributed by atoms with E-state index < -0.39 is 0 Å². The van der Waals surface area contributed by atoms with Crippen LogP contribution in [0.4, 0.5) is 0 Å². The van der Waals surface area contributed by atoms with Crippen molar-refractivity contribution >= 4 is 28.7 Å². The molecule has 0 unspecified atom stereocenters. The van der Waals surface area contributed by atoms with E-state index in [-0.39, 0.29) is 5.78 Å². The van der Waals surface area contributed by atoms with E-state index in [2.05, 4.69) is 9.59 Å². The van der Waals surface area contributed by atoms with E-state index in [0.717, 1.165) is 22.0 Å². The Bertz CT molecular complexity index is 430. The second-order valence-electron chi connectivity index (χ2n) is 2.91. The summed E-state index contributed by atoms with van der Waals surface area (Å²) >= 11 is 2.74. The second-order valence-corrected chi connectivity index (χ2v) is 4.78. The fourth-order valence-electron chi connectivity index (χ4n) is 1.18. The first-order valence-corrected chi connectivity index (χ1v) is 5.73. The molecule has 0 atom stereocenters. The summed E-state index contributed by atoms with van der Waals surface area (Å²) in [5.74, 6) is 0.0382. The van der Waals surface area contributed by atoms with Gasteiger partial charge in [0.25, 0.3) is 0 Å². The zero-order valence-corrected chi connectivity index (χ0v) is 9.41. The largest absolute Gasteiger partial charge is 0.288 e. The Hall–Kier alpha value is -1.07. The van der Waals surface area contributed by atoms with Crippen LogP contribution in [-0.2, 0) is 0 Å². The number of aromatic nitrogens is 2. The highest BCUT2D eigenvalue weighted by atomic mass is 32.1. The van der Waals surface area contributed by atoms with Gasteiger partial charge in [-0.2, -0.15) is 0 Å². The van der Waals surface area contributed by atoms with Gasteiger partial charge in [0.2, 0.25) is 5.78 Å². The molecule has 3 nitrogen and oxygen atoms in total. The number of rotatable bonds is 2. The molecule has 0 spiro atoms. The lowest BCUT2D eigenvalue weighted by Gasteiger charge is -1.95. The topological polar surface area (TPSA) is 42.9 Å². The van der Waals surface area contributed by atoms with Gasteiger partial charge in [0.1, 0.15) is 4.88 Å². The van der Waals surface area contributed by atoms with Crippen molar-refractivity contribution in [1.82, 2.24) is 9.59 Å². The van der Waals surface area contributed by atoms with Crippen molar-refractivity contribution in [3.63, 3.8) is 0 Å². The van der Waals surface area contributed by atoms with Gasteiger partial charge >= 0.3 is 0 Å². The highest BCUT2D eigenvalue weighted by Gasteiger charge is 2.17. The molecule has 72 valence electrons. The molecule has 0 aliphatic rings. The average Bonchev–Trinajstić information content (AvgIpc) is 2.73. The van der Waals surface area contributed by atoms with Crippen LogP contribution in [-0.4, -0.2) is 15.4 Å². The van der Waals surface area contributed by atoms with Crippen molar-refractivity contribution in [2.45, 2.75) is 13.8 Å². The lowest BCUT2D eigenvalue weighted by atomic mass is 10.1. The SMILES string of the molecule is Cc1nnsc1C(=O)c1ccsc1C. The average molecular weight is 224 g/mol. The van der Waals surface area contributed by atoms with Crippen molar-refractivity contribution < 1.29 is 4.79 Å². The Morgan fingerprint density at radius 3 is 2.71 bits per heavy atom. The molecular formula is C9H8N2OS2. The highest BCUT2D eigenvalue weighted by Crippen LogP contribution is 2.21. The number of carbonyl (C=O) groups excluding carboxylic acids is 1. The molecule has 5 heteroatoms. The van der Waals surface area contributed by atoms with Gasteiger partial charge in [-0.3, -0.25) is 4.79 Å². The maximum atomic E-state index is 11.9. The molecule has 0 bridgehead atoms. The standard InChI is InChI=1S/C9H8N2OS2/c1-5-9(14-11-10-5)8(12)7-3-4-13-6(7)2/h3-4H,1-2H3. The van der Waals surface area contributed by atoms with E-state index in [1.54, 1.807) is 18.3 Å². The van der Waals surface area contributed by atoms with Crippen molar-refractivity contribution in [1.29, 1.82) is 0 Å². The quantitative estimate of drug-likeness (QED) is 0.736. The molecular weight excluding hydrogens is 216 g/mol. The summed E-state index contributed by atoms with van der Waals surface area (Å²) in [5, 5.41) is 5.75. The van der Waals surface area contributed by atoms with E-state index in [4.69, 9.17) is 0 Å². The number of thiophene rings is 1. The molecule has 0 radical (unpaired) electrons. The molecule has 2 aromatic rings. The summed E-state index contributed by atoms with van der Waals surface area (Å²) in [6, 6.07) is 1.85. The van der Waals surface area contributed by atoms with E-state index in [1.807, 2.05) is 18.4 Å². The van der Waals surface area contributed by atoms with Gasteiger partial charge in [-0.25, -0.2) is 0 Å². The predicted octanol–water partition coefficient (Wildman–Crippen LogP) is 2.45.